The van der Waals surface area contributed by atoms with Crippen LogP contribution in [0.25, 0.3) is 0 Å². The molecule has 0 radical (unpaired) electrons. The lowest BCUT2D eigenvalue weighted by molar-refractivity contribution is 0.132. The number of hydrogen-bond acceptors (Lipinski definition) is 5. The van der Waals surface area contributed by atoms with E-state index in [9.17, 15) is 13.5 Å². The fraction of sp³-hybridized carbons (Fsp3) is 0.667. The first-order valence-electron chi connectivity index (χ1n) is 3.95. The van der Waals surface area contributed by atoms with Crippen LogP contribution in [0.2, 0.25) is 0 Å². The Hall–Kier alpha value is -0.990. The fourth-order valence-electron chi connectivity index (χ4n) is 1.06. The zero-order chi connectivity index (χ0) is 10.8. The molecule has 80 valence electrons. The third-order valence-electron chi connectivity index (χ3n) is 1.75. The summed E-state index contributed by atoms with van der Waals surface area (Å²) in [5.74, 6) is 0. The van der Waals surface area contributed by atoms with Crippen molar-refractivity contribution in [2.24, 2.45) is 0 Å². The minimum Gasteiger partial charge on any atom is -0.390 e. The summed E-state index contributed by atoms with van der Waals surface area (Å²) in [5, 5.41) is 11.5. The van der Waals surface area contributed by atoms with E-state index in [-0.39, 0.29) is 6.42 Å². The highest BCUT2D eigenvalue weighted by atomic mass is 32.2. The van der Waals surface area contributed by atoms with Crippen LogP contribution in [-0.2, 0) is 10.1 Å². The maximum atomic E-state index is 10.9. The van der Waals surface area contributed by atoms with Gasteiger partial charge in [-0.05, 0) is 6.42 Å². The highest BCUT2D eigenvalue weighted by Gasteiger charge is 2.32. The van der Waals surface area contributed by atoms with Crippen molar-refractivity contribution in [1.82, 2.24) is 14.8 Å². The van der Waals surface area contributed by atoms with Gasteiger partial charge in [-0.25, -0.2) is 9.67 Å². The summed E-state index contributed by atoms with van der Waals surface area (Å²) in [6.45, 7) is 1.60. The van der Waals surface area contributed by atoms with Gasteiger partial charge >= 0.3 is 0 Å². The highest BCUT2D eigenvalue weighted by molar-refractivity contribution is 7.85. The van der Waals surface area contributed by atoms with Crippen LogP contribution in [0, 0.1) is 0 Å². The summed E-state index contributed by atoms with van der Waals surface area (Å²) >= 11 is 0. The van der Waals surface area contributed by atoms with Gasteiger partial charge in [0.25, 0.3) is 10.1 Å². The van der Waals surface area contributed by atoms with E-state index < -0.39 is 21.6 Å². The second-order valence-corrected chi connectivity index (χ2v) is 4.27. The first-order chi connectivity index (χ1) is 6.46. The Bertz CT molecular complexity index is 374. The number of rotatable bonds is 4. The molecule has 2 unspecified atom stereocenters. The van der Waals surface area contributed by atoms with Crippen LogP contribution in [-0.4, -0.2) is 38.9 Å². The van der Waals surface area contributed by atoms with Crippen molar-refractivity contribution in [2.45, 2.75) is 24.8 Å². The van der Waals surface area contributed by atoms with E-state index >= 15 is 0 Å². The molecule has 1 aromatic rings. The average molecular weight is 221 g/mol. The molecule has 0 bridgehead atoms. The smallest absolute Gasteiger partial charge is 0.291 e. The van der Waals surface area contributed by atoms with Crippen LogP contribution in [0.4, 0.5) is 0 Å². The monoisotopic (exact) mass is 221 g/mol. The topological polar surface area (TPSA) is 105 Å². The molecule has 0 saturated carbocycles. The molecular weight excluding hydrogens is 210 g/mol. The highest BCUT2D eigenvalue weighted by Crippen LogP contribution is 2.18. The normalized spacial score (nSPS) is 16.5. The number of aliphatic hydroxyl groups excluding tert-OH is 1. The molecule has 0 saturated heterocycles. The number of hydrogen-bond donors (Lipinski definition) is 2. The van der Waals surface area contributed by atoms with Crippen molar-refractivity contribution in [2.75, 3.05) is 0 Å². The van der Waals surface area contributed by atoms with E-state index in [2.05, 4.69) is 10.1 Å². The second-order valence-electron chi connectivity index (χ2n) is 2.76. The van der Waals surface area contributed by atoms with Gasteiger partial charge < -0.3 is 5.11 Å². The largest absolute Gasteiger partial charge is 0.390 e. The van der Waals surface area contributed by atoms with Crippen molar-refractivity contribution < 1.29 is 18.1 Å². The molecule has 0 aromatic carbocycles. The molecule has 0 fully saturated rings. The molecule has 1 heterocycles. The summed E-state index contributed by atoms with van der Waals surface area (Å²) < 4.78 is 31.7. The quantitative estimate of drug-likeness (QED) is 0.660. The first kappa shape index (κ1) is 11.1. The van der Waals surface area contributed by atoms with E-state index in [4.69, 9.17) is 4.55 Å². The van der Waals surface area contributed by atoms with E-state index in [1.807, 2.05) is 0 Å². The molecule has 1 aromatic heterocycles. The first-order valence-corrected chi connectivity index (χ1v) is 5.45. The van der Waals surface area contributed by atoms with Crippen molar-refractivity contribution in [3.63, 3.8) is 0 Å². The van der Waals surface area contributed by atoms with E-state index in [0.29, 0.717) is 0 Å². The summed E-state index contributed by atoms with van der Waals surface area (Å²) in [5.41, 5.74) is 0. The number of aromatic nitrogens is 3. The third-order valence-corrected chi connectivity index (χ3v) is 2.89. The molecule has 7 nitrogen and oxygen atoms in total. The lowest BCUT2D eigenvalue weighted by atomic mass is 10.3. The van der Waals surface area contributed by atoms with E-state index in [1.165, 1.54) is 0 Å². The molecule has 0 amide bonds. The lowest BCUT2D eigenvalue weighted by Gasteiger charge is -2.18. The van der Waals surface area contributed by atoms with E-state index in [0.717, 1.165) is 17.3 Å². The summed E-state index contributed by atoms with van der Waals surface area (Å²) in [4.78, 5) is 3.54. The summed E-state index contributed by atoms with van der Waals surface area (Å²) in [6.07, 6.45) is 1.22. The average Bonchev–Trinajstić information content (AvgIpc) is 2.54. The van der Waals surface area contributed by atoms with Gasteiger partial charge in [0.05, 0.1) is 6.10 Å². The van der Waals surface area contributed by atoms with Gasteiger partial charge in [0.15, 0.2) is 0 Å². The maximum absolute atomic E-state index is 10.9. The maximum Gasteiger partial charge on any atom is 0.291 e. The van der Waals surface area contributed by atoms with Crippen LogP contribution in [0.5, 0.6) is 0 Å². The van der Waals surface area contributed by atoms with Crippen molar-refractivity contribution in [1.29, 1.82) is 0 Å². The van der Waals surface area contributed by atoms with Gasteiger partial charge in [-0.15, -0.1) is 0 Å². The van der Waals surface area contributed by atoms with Gasteiger partial charge in [-0.2, -0.15) is 13.5 Å². The molecule has 0 spiro atoms. The molecule has 0 aliphatic heterocycles. The standard InChI is InChI=1S/C6H11N3O4S/c1-2-5(10)6(14(11,12)13)9-4-7-3-8-9/h3-6,10H,2H2,1H3,(H,11,12,13). The van der Waals surface area contributed by atoms with Gasteiger partial charge in [0.1, 0.15) is 12.7 Å². The van der Waals surface area contributed by atoms with Crippen LogP contribution in [0.1, 0.15) is 18.7 Å². The van der Waals surface area contributed by atoms with Crippen molar-refractivity contribution >= 4 is 10.1 Å². The Morgan fingerprint density at radius 2 is 2.21 bits per heavy atom. The van der Waals surface area contributed by atoms with Gasteiger partial charge in [-0.1, -0.05) is 6.92 Å². The lowest BCUT2D eigenvalue weighted by Crippen LogP contribution is -2.31. The SMILES string of the molecule is CCC(O)C(n1cncn1)S(=O)(=O)O. The van der Waals surface area contributed by atoms with Crippen LogP contribution >= 0.6 is 0 Å². The Kier molecular flexibility index (Phi) is 3.19. The molecule has 1 rings (SSSR count). The Labute approximate surface area is 81.1 Å². The van der Waals surface area contributed by atoms with Crippen molar-refractivity contribution in [3.05, 3.63) is 12.7 Å². The van der Waals surface area contributed by atoms with Crippen LogP contribution < -0.4 is 0 Å². The van der Waals surface area contributed by atoms with Gasteiger partial charge in [-0.3, -0.25) is 4.55 Å². The Balaban J connectivity index is 3.07. The number of nitrogens with zero attached hydrogens (tertiary/aromatic N) is 3. The Morgan fingerprint density at radius 1 is 1.57 bits per heavy atom. The molecule has 0 aliphatic rings. The van der Waals surface area contributed by atoms with E-state index in [1.54, 1.807) is 6.92 Å². The van der Waals surface area contributed by atoms with Crippen molar-refractivity contribution in [3.8, 4) is 0 Å². The molecular formula is C6H11N3O4S. The number of aliphatic hydroxyl groups is 1. The zero-order valence-electron chi connectivity index (χ0n) is 7.48. The predicted octanol–water partition coefficient (Wildman–Crippen LogP) is -0.565. The Morgan fingerprint density at radius 3 is 2.57 bits per heavy atom. The molecule has 8 heteroatoms. The summed E-state index contributed by atoms with van der Waals surface area (Å²) in [7, 11) is -4.39. The molecule has 14 heavy (non-hydrogen) atoms. The molecule has 2 atom stereocenters. The molecule has 2 N–H and O–H groups in total. The minimum atomic E-state index is -4.39. The summed E-state index contributed by atoms with van der Waals surface area (Å²) in [6, 6.07) is 0. The zero-order valence-corrected chi connectivity index (χ0v) is 8.29. The second kappa shape index (κ2) is 4.03. The third kappa shape index (κ3) is 2.28. The minimum absolute atomic E-state index is 0.185. The van der Waals surface area contributed by atoms with Crippen LogP contribution in [0.3, 0.4) is 0 Å². The predicted molar refractivity (Wildman–Crippen MR) is 46.9 cm³/mol. The molecule has 0 aliphatic carbocycles. The van der Waals surface area contributed by atoms with Crippen LogP contribution in [0.15, 0.2) is 12.7 Å². The van der Waals surface area contributed by atoms with Gasteiger partial charge in [0.2, 0.25) is 5.37 Å². The fourth-order valence-corrected chi connectivity index (χ4v) is 2.03. The van der Waals surface area contributed by atoms with Gasteiger partial charge in [0, 0.05) is 0 Å².